The van der Waals surface area contributed by atoms with E-state index in [1.165, 1.54) is 0 Å². The van der Waals surface area contributed by atoms with Crippen molar-refractivity contribution in [3.8, 4) is 0 Å². The van der Waals surface area contributed by atoms with Crippen molar-refractivity contribution >= 4 is 17.5 Å². The fraction of sp³-hybridized carbons (Fsp3) is 0.364. The van der Waals surface area contributed by atoms with Gasteiger partial charge in [0.05, 0.1) is 6.61 Å². The lowest BCUT2D eigenvalue weighted by Crippen LogP contribution is -2.23. The first-order valence-electron chi connectivity index (χ1n) is 9.41. The summed E-state index contributed by atoms with van der Waals surface area (Å²) in [6.07, 6.45) is 0.940. The molecule has 3 rings (SSSR count). The number of nitrogens with one attached hydrogen (secondary N) is 2. The number of rotatable bonds is 8. The van der Waals surface area contributed by atoms with Gasteiger partial charge in [0.15, 0.2) is 0 Å². The first kappa shape index (κ1) is 19.1. The lowest BCUT2D eigenvalue weighted by Gasteiger charge is -2.09. The van der Waals surface area contributed by atoms with Crippen LogP contribution in [0.5, 0.6) is 0 Å². The normalized spacial score (nSPS) is 18.0. The molecule has 1 aliphatic carbocycles. The lowest BCUT2D eigenvalue weighted by molar-refractivity contribution is -0.117. The minimum atomic E-state index is -0.163. The van der Waals surface area contributed by atoms with Crippen LogP contribution < -0.4 is 10.6 Å². The first-order chi connectivity index (χ1) is 13.1. The van der Waals surface area contributed by atoms with E-state index >= 15 is 0 Å². The monoisotopic (exact) mass is 366 g/mol. The molecule has 0 heterocycles. The van der Waals surface area contributed by atoms with E-state index in [9.17, 15) is 9.59 Å². The average Bonchev–Trinajstić information content (AvgIpc) is 3.42. The van der Waals surface area contributed by atoms with Gasteiger partial charge in [0.2, 0.25) is 5.91 Å². The van der Waals surface area contributed by atoms with E-state index in [0.717, 1.165) is 17.5 Å². The van der Waals surface area contributed by atoms with Gasteiger partial charge in [-0.25, -0.2) is 0 Å². The van der Waals surface area contributed by atoms with Crippen LogP contribution in [0.2, 0.25) is 0 Å². The minimum Gasteiger partial charge on any atom is -0.377 e. The second-order valence-corrected chi connectivity index (χ2v) is 7.03. The van der Waals surface area contributed by atoms with Crippen molar-refractivity contribution in [1.29, 1.82) is 0 Å². The molecule has 0 aromatic heterocycles. The molecule has 2 aromatic rings. The summed E-state index contributed by atoms with van der Waals surface area (Å²) in [5.41, 5.74) is 3.33. The summed E-state index contributed by atoms with van der Waals surface area (Å²) >= 11 is 0. The zero-order valence-electron chi connectivity index (χ0n) is 15.8. The van der Waals surface area contributed by atoms with Crippen LogP contribution in [-0.2, 0) is 22.7 Å². The number of carbonyl (C=O) groups is 2. The average molecular weight is 366 g/mol. The molecule has 2 N–H and O–H groups in total. The Morgan fingerprint density at radius 2 is 1.81 bits per heavy atom. The Balaban J connectivity index is 1.53. The largest absolute Gasteiger partial charge is 0.377 e. The smallest absolute Gasteiger partial charge is 0.251 e. The predicted molar refractivity (Wildman–Crippen MR) is 105 cm³/mol. The third-order valence-corrected chi connectivity index (χ3v) is 4.79. The fourth-order valence-electron chi connectivity index (χ4n) is 2.92. The fourth-order valence-corrected chi connectivity index (χ4v) is 2.92. The third kappa shape index (κ3) is 5.41. The van der Waals surface area contributed by atoms with E-state index in [-0.39, 0.29) is 17.7 Å². The molecule has 1 aliphatic rings. The van der Waals surface area contributed by atoms with Crippen molar-refractivity contribution in [3.05, 3.63) is 65.2 Å². The Hall–Kier alpha value is -2.66. The molecule has 2 aromatic carbocycles. The maximum Gasteiger partial charge on any atom is 0.251 e. The van der Waals surface area contributed by atoms with Gasteiger partial charge in [-0.15, -0.1) is 0 Å². The number of ether oxygens (including phenoxy) is 1. The number of hydrogen-bond donors (Lipinski definition) is 2. The van der Waals surface area contributed by atoms with E-state index in [1.807, 2.05) is 31.2 Å². The van der Waals surface area contributed by atoms with Gasteiger partial charge in [0.25, 0.3) is 5.91 Å². The number of benzene rings is 2. The Morgan fingerprint density at radius 3 is 2.48 bits per heavy atom. The molecule has 5 heteroatoms. The Bertz CT molecular complexity index is 801. The van der Waals surface area contributed by atoms with E-state index in [2.05, 4.69) is 17.6 Å². The SMILES string of the molecule is CCOCc1ccc(CNC(=O)c2cccc(NC(=O)C3CC3C)c2)cc1. The quantitative estimate of drug-likeness (QED) is 0.748. The molecule has 0 spiro atoms. The summed E-state index contributed by atoms with van der Waals surface area (Å²) in [5, 5.41) is 5.81. The van der Waals surface area contributed by atoms with Crippen molar-refractivity contribution in [1.82, 2.24) is 5.32 Å². The zero-order chi connectivity index (χ0) is 19.2. The van der Waals surface area contributed by atoms with E-state index in [1.54, 1.807) is 24.3 Å². The Morgan fingerprint density at radius 1 is 1.11 bits per heavy atom. The number of anilines is 1. The third-order valence-electron chi connectivity index (χ3n) is 4.79. The van der Waals surface area contributed by atoms with Crippen LogP contribution >= 0.6 is 0 Å². The van der Waals surface area contributed by atoms with Crippen LogP contribution in [0.15, 0.2) is 48.5 Å². The van der Waals surface area contributed by atoms with Crippen molar-refractivity contribution in [2.24, 2.45) is 11.8 Å². The molecular formula is C22H26N2O3. The predicted octanol–water partition coefficient (Wildman–Crippen LogP) is 3.75. The van der Waals surface area contributed by atoms with E-state index in [4.69, 9.17) is 4.74 Å². The van der Waals surface area contributed by atoms with Crippen molar-refractivity contribution in [2.75, 3.05) is 11.9 Å². The molecule has 27 heavy (non-hydrogen) atoms. The van der Waals surface area contributed by atoms with Crippen LogP contribution in [0, 0.1) is 11.8 Å². The number of amides is 2. The van der Waals surface area contributed by atoms with Gasteiger partial charge in [0, 0.05) is 30.3 Å². The minimum absolute atomic E-state index is 0.0344. The first-order valence-corrected chi connectivity index (χ1v) is 9.41. The van der Waals surface area contributed by atoms with Gasteiger partial charge in [0.1, 0.15) is 0 Å². The molecule has 1 fully saturated rings. The molecule has 142 valence electrons. The van der Waals surface area contributed by atoms with Crippen LogP contribution in [0.4, 0.5) is 5.69 Å². The van der Waals surface area contributed by atoms with Gasteiger partial charge >= 0.3 is 0 Å². The summed E-state index contributed by atoms with van der Waals surface area (Å²) in [6.45, 7) is 5.77. The molecule has 0 bridgehead atoms. The Labute approximate surface area is 160 Å². The van der Waals surface area contributed by atoms with E-state index < -0.39 is 0 Å². The maximum atomic E-state index is 12.4. The van der Waals surface area contributed by atoms with Crippen LogP contribution in [-0.4, -0.2) is 18.4 Å². The summed E-state index contributed by atoms with van der Waals surface area (Å²) < 4.78 is 5.38. The highest BCUT2D eigenvalue weighted by Crippen LogP contribution is 2.38. The lowest BCUT2D eigenvalue weighted by atomic mass is 10.1. The number of carbonyl (C=O) groups excluding carboxylic acids is 2. The second kappa shape index (κ2) is 8.82. The molecule has 0 aliphatic heterocycles. The highest BCUT2D eigenvalue weighted by molar-refractivity contribution is 5.98. The summed E-state index contributed by atoms with van der Waals surface area (Å²) in [7, 11) is 0. The molecular weight excluding hydrogens is 340 g/mol. The molecule has 0 saturated heterocycles. The topological polar surface area (TPSA) is 67.4 Å². The molecule has 2 unspecified atom stereocenters. The summed E-state index contributed by atoms with van der Waals surface area (Å²) in [6, 6.07) is 15.0. The van der Waals surface area contributed by atoms with Gasteiger partial charge < -0.3 is 15.4 Å². The summed E-state index contributed by atoms with van der Waals surface area (Å²) in [5.74, 6) is 0.432. The highest BCUT2D eigenvalue weighted by atomic mass is 16.5. The molecule has 2 amide bonds. The van der Waals surface area contributed by atoms with Gasteiger partial charge in [-0.1, -0.05) is 37.3 Å². The van der Waals surface area contributed by atoms with Crippen LogP contribution in [0.1, 0.15) is 41.8 Å². The Kier molecular flexibility index (Phi) is 6.24. The highest BCUT2D eigenvalue weighted by Gasteiger charge is 2.39. The van der Waals surface area contributed by atoms with Crippen molar-refractivity contribution in [3.63, 3.8) is 0 Å². The zero-order valence-corrected chi connectivity index (χ0v) is 15.8. The second-order valence-electron chi connectivity index (χ2n) is 7.03. The van der Waals surface area contributed by atoms with Gasteiger partial charge in [-0.05, 0) is 48.6 Å². The maximum absolute atomic E-state index is 12.4. The molecule has 2 atom stereocenters. The molecule has 1 saturated carbocycles. The number of hydrogen-bond acceptors (Lipinski definition) is 3. The standard InChI is InChI=1S/C22H26N2O3/c1-3-27-14-17-9-7-16(8-10-17)13-23-21(25)18-5-4-6-19(12-18)24-22(26)20-11-15(20)2/h4-10,12,15,20H,3,11,13-14H2,1-2H3,(H,23,25)(H,24,26). The molecule has 5 nitrogen and oxygen atoms in total. The van der Waals surface area contributed by atoms with Crippen LogP contribution in [0.25, 0.3) is 0 Å². The molecule has 0 radical (unpaired) electrons. The van der Waals surface area contributed by atoms with Crippen LogP contribution in [0.3, 0.4) is 0 Å². The van der Waals surface area contributed by atoms with Crippen molar-refractivity contribution in [2.45, 2.75) is 33.4 Å². The van der Waals surface area contributed by atoms with Gasteiger partial charge in [-0.3, -0.25) is 9.59 Å². The van der Waals surface area contributed by atoms with E-state index in [0.29, 0.717) is 36.9 Å². The van der Waals surface area contributed by atoms with Crippen molar-refractivity contribution < 1.29 is 14.3 Å². The van der Waals surface area contributed by atoms with Gasteiger partial charge in [-0.2, -0.15) is 0 Å². The summed E-state index contributed by atoms with van der Waals surface area (Å²) in [4.78, 5) is 24.5.